The van der Waals surface area contributed by atoms with Gasteiger partial charge in [-0.05, 0) is 44.0 Å². The lowest BCUT2D eigenvalue weighted by atomic mass is 9.96. The van der Waals surface area contributed by atoms with Crippen LogP contribution in [0.3, 0.4) is 0 Å². The second-order valence-corrected chi connectivity index (χ2v) is 6.14. The smallest absolute Gasteiger partial charge is 0.261 e. The predicted molar refractivity (Wildman–Crippen MR) is 87.0 cm³/mol. The average molecular weight is 319 g/mol. The van der Waals surface area contributed by atoms with Crippen LogP contribution < -0.4 is 5.56 Å². The zero-order valence-electron chi connectivity index (χ0n) is 13.4. The fraction of sp³-hybridized carbons (Fsp3) is 0.529. The molecule has 23 heavy (non-hydrogen) atoms. The minimum Gasteiger partial charge on any atom is -0.383 e. The summed E-state index contributed by atoms with van der Waals surface area (Å²) in [4.78, 5) is 19.1. The first-order valence-corrected chi connectivity index (χ1v) is 8.03. The number of piperidine rings is 1. The van der Waals surface area contributed by atoms with Crippen LogP contribution in [0.2, 0.25) is 0 Å². The van der Waals surface area contributed by atoms with Gasteiger partial charge in [-0.1, -0.05) is 0 Å². The number of hydrogen-bond acceptors (Lipinski definition) is 4. The Morgan fingerprint density at radius 3 is 2.87 bits per heavy atom. The Labute approximate surface area is 134 Å². The molecule has 6 heteroatoms. The zero-order valence-corrected chi connectivity index (χ0v) is 13.4. The van der Waals surface area contributed by atoms with Crippen molar-refractivity contribution in [1.29, 1.82) is 0 Å². The molecule has 124 valence electrons. The Bertz CT molecular complexity index is 723. The molecule has 0 atom stereocenters. The molecule has 0 amide bonds. The maximum Gasteiger partial charge on any atom is 0.261 e. The Hall–Kier alpha value is -1.79. The number of fused-ring (bicyclic) bond motifs is 1. The molecule has 3 rings (SSSR count). The largest absolute Gasteiger partial charge is 0.383 e. The first-order valence-electron chi connectivity index (χ1n) is 8.03. The highest BCUT2D eigenvalue weighted by Crippen LogP contribution is 2.18. The number of methoxy groups -OCH3 is 1. The van der Waals surface area contributed by atoms with E-state index in [0.717, 1.165) is 39.1 Å². The summed E-state index contributed by atoms with van der Waals surface area (Å²) in [5.74, 6) is 0.108. The van der Waals surface area contributed by atoms with E-state index in [2.05, 4.69) is 9.88 Å². The van der Waals surface area contributed by atoms with Crippen molar-refractivity contribution < 1.29 is 9.13 Å². The van der Waals surface area contributed by atoms with Crippen molar-refractivity contribution in [2.45, 2.75) is 19.4 Å². The third kappa shape index (κ3) is 3.76. The van der Waals surface area contributed by atoms with Gasteiger partial charge in [0.2, 0.25) is 0 Å². The van der Waals surface area contributed by atoms with Crippen LogP contribution in [0.25, 0.3) is 10.9 Å². The van der Waals surface area contributed by atoms with E-state index in [4.69, 9.17) is 4.74 Å². The Kier molecular flexibility index (Phi) is 5.03. The van der Waals surface area contributed by atoms with E-state index in [-0.39, 0.29) is 11.4 Å². The highest BCUT2D eigenvalue weighted by atomic mass is 19.1. The van der Waals surface area contributed by atoms with Crippen molar-refractivity contribution >= 4 is 10.9 Å². The van der Waals surface area contributed by atoms with E-state index < -0.39 is 0 Å². The van der Waals surface area contributed by atoms with Crippen LogP contribution >= 0.6 is 0 Å². The third-order valence-corrected chi connectivity index (χ3v) is 4.56. The number of rotatable bonds is 5. The molecule has 2 heterocycles. The molecule has 0 unspecified atom stereocenters. The second-order valence-electron chi connectivity index (χ2n) is 6.14. The van der Waals surface area contributed by atoms with Gasteiger partial charge < -0.3 is 9.64 Å². The van der Waals surface area contributed by atoms with Crippen LogP contribution in [0.1, 0.15) is 12.8 Å². The van der Waals surface area contributed by atoms with Crippen molar-refractivity contribution in [1.82, 2.24) is 14.5 Å². The standard InChI is InChI=1S/C17H22FN3O2/c1-23-9-8-20-6-4-13(5-7-20)11-21-12-19-16-10-14(18)2-3-15(16)17(21)22/h2-3,10,12-13H,4-9,11H2,1H3. The van der Waals surface area contributed by atoms with Crippen molar-refractivity contribution in [3.8, 4) is 0 Å². The summed E-state index contributed by atoms with van der Waals surface area (Å²) in [5.41, 5.74) is 0.331. The highest BCUT2D eigenvalue weighted by molar-refractivity contribution is 5.77. The normalized spacial score (nSPS) is 17.0. The van der Waals surface area contributed by atoms with E-state index >= 15 is 0 Å². The van der Waals surface area contributed by atoms with Crippen molar-refractivity contribution in [2.75, 3.05) is 33.4 Å². The van der Waals surface area contributed by atoms with Gasteiger partial charge in [0.15, 0.2) is 0 Å². The summed E-state index contributed by atoms with van der Waals surface area (Å²) >= 11 is 0. The molecule has 5 nitrogen and oxygen atoms in total. The highest BCUT2D eigenvalue weighted by Gasteiger charge is 2.20. The summed E-state index contributed by atoms with van der Waals surface area (Å²) in [7, 11) is 1.72. The van der Waals surface area contributed by atoms with Gasteiger partial charge in [-0.15, -0.1) is 0 Å². The van der Waals surface area contributed by atoms with E-state index in [1.54, 1.807) is 18.0 Å². The molecular weight excluding hydrogens is 297 g/mol. The number of aromatic nitrogens is 2. The second kappa shape index (κ2) is 7.19. The van der Waals surface area contributed by atoms with Crippen LogP contribution in [0.15, 0.2) is 29.3 Å². The molecule has 1 aromatic heterocycles. The lowest BCUT2D eigenvalue weighted by molar-refractivity contribution is 0.116. The van der Waals surface area contributed by atoms with Gasteiger partial charge in [-0.3, -0.25) is 9.36 Å². The predicted octanol–water partition coefficient (Wildman–Crippen LogP) is 1.89. The van der Waals surface area contributed by atoms with Crippen LogP contribution in [-0.4, -0.2) is 47.8 Å². The molecule has 1 aliphatic heterocycles. The molecule has 0 bridgehead atoms. The minimum atomic E-state index is -0.370. The summed E-state index contributed by atoms with van der Waals surface area (Å²) in [6.45, 7) is 4.48. The molecule has 1 aliphatic rings. The summed E-state index contributed by atoms with van der Waals surface area (Å²) < 4.78 is 20.0. The number of hydrogen-bond donors (Lipinski definition) is 0. The van der Waals surface area contributed by atoms with Crippen molar-refractivity contribution in [3.05, 3.63) is 40.7 Å². The summed E-state index contributed by atoms with van der Waals surface area (Å²) in [5, 5.41) is 0.478. The molecule has 0 radical (unpaired) electrons. The first-order chi connectivity index (χ1) is 11.2. The van der Waals surface area contributed by atoms with Gasteiger partial charge >= 0.3 is 0 Å². The van der Waals surface area contributed by atoms with Crippen molar-refractivity contribution in [2.24, 2.45) is 5.92 Å². The average Bonchev–Trinajstić information content (AvgIpc) is 2.56. The number of likely N-dealkylation sites (tertiary alicyclic amines) is 1. The summed E-state index contributed by atoms with van der Waals surface area (Å²) in [6, 6.07) is 4.13. The van der Waals surface area contributed by atoms with Crippen molar-refractivity contribution in [3.63, 3.8) is 0 Å². The maximum absolute atomic E-state index is 13.2. The Morgan fingerprint density at radius 2 is 2.13 bits per heavy atom. The maximum atomic E-state index is 13.2. The van der Waals surface area contributed by atoms with Gasteiger partial charge in [0, 0.05) is 26.3 Å². The fourth-order valence-electron chi connectivity index (χ4n) is 3.15. The monoisotopic (exact) mass is 319 g/mol. The Morgan fingerprint density at radius 1 is 1.35 bits per heavy atom. The topological polar surface area (TPSA) is 47.4 Å². The lowest BCUT2D eigenvalue weighted by Crippen LogP contribution is -2.38. The number of halogens is 1. The van der Waals surface area contributed by atoms with Gasteiger partial charge in [0.1, 0.15) is 5.82 Å². The van der Waals surface area contributed by atoms with E-state index in [9.17, 15) is 9.18 Å². The molecular formula is C17H22FN3O2. The lowest BCUT2D eigenvalue weighted by Gasteiger charge is -2.31. The molecule has 0 saturated carbocycles. The van der Waals surface area contributed by atoms with Crippen LogP contribution in [-0.2, 0) is 11.3 Å². The van der Waals surface area contributed by atoms with E-state index in [0.29, 0.717) is 23.4 Å². The van der Waals surface area contributed by atoms with Crippen LogP contribution in [0, 0.1) is 11.7 Å². The van der Waals surface area contributed by atoms with Gasteiger partial charge in [0.25, 0.3) is 5.56 Å². The van der Waals surface area contributed by atoms with E-state index in [1.807, 2.05) is 0 Å². The third-order valence-electron chi connectivity index (χ3n) is 4.56. The zero-order chi connectivity index (χ0) is 16.2. The van der Waals surface area contributed by atoms with Gasteiger partial charge in [0.05, 0.1) is 23.8 Å². The fourth-order valence-corrected chi connectivity index (χ4v) is 3.15. The minimum absolute atomic E-state index is 0.0863. The molecule has 0 aliphatic carbocycles. The van der Waals surface area contributed by atoms with E-state index in [1.165, 1.54) is 18.2 Å². The number of benzene rings is 1. The first kappa shape index (κ1) is 16.1. The number of ether oxygens (including phenoxy) is 1. The summed E-state index contributed by atoms with van der Waals surface area (Å²) in [6.07, 6.45) is 3.68. The van der Waals surface area contributed by atoms with Gasteiger partial charge in [-0.25, -0.2) is 9.37 Å². The molecule has 0 N–H and O–H groups in total. The Balaban J connectivity index is 1.67. The molecule has 2 aromatic rings. The SMILES string of the molecule is COCCN1CCC(Cn2cnc3cc(F)ccc3c2=O)CC1. The van der Waals surface area contributed by atoms with Crippen LogP contribution in [0.4, 0.5) is 4.39 Å². The molecule has 1 aromatic carbocycles. The molecule has 1 fully saturated rings. The molecule has 1 saturated heterocycles. The van der Waals surface area contributed by atoms with Gasteiger partial charge in [-0.2, -0.15) is 0 Å². The molecule has 0 spiro atoms. The van der Waals surface area contributed by atoms with Crippen LogP contribution in [0.5, 0.6) is 0 Å². The number of nitrogens with zero attached hydrogens (tertiary/aromatic N) is 3. The quantitative estimate of drug-likeness (QED) is 0.844.